The monoisotopic (exact) mass is 323 g/mol. The van der Waals surface area contributed by atoms with E-state index in [9.17, 15) is 4.79 Å². The number of carbonyl (C=O) groups is 1. The summed E-state index contributed by atoms with van der Waals surface area (Å²) in [4.78, 5) is 12.0. The highest BCUT2D eigenvalue weighted by Gasteiger charge is 2.17. The maximum atomic E-state index is 12.0. The number of amides is 1. The third-order valence-electron chi connectivity index (χ3n) is 3.34. The van der Waals surface area contributed by atoms with Gasteiger partial charge in [-0.3, -0.25) is 4.79 Å². The van der Waals surface area contributed by atoms with Crippen molar-refractivity contribution in [1.82, 2.24) is 10.5 Å². The number of anilines is 1. The summed E-state index contributed by atoms with van der Waals surface area (Å²) < 4.78 is 10.5. The summed E-state index contributed by atoms with van der Waals surface area (Å²) in [5.74, 6) is 0.123. The molecule has 2 aromatic rings. The summed E-state index contributed by atoms with van der Waals surface area (Å²) in [5.41, 5.74) is 0.705. The third-order valence-corrected chi connectivity index (χ3v) is 3.34. The van der Waals surface area contributed by atoms with Crippen LogP contribution in [0.1, 0.15) is 23.4 Å². The van der Waals surface area contributed by atoms with Crippen LogP contribution in [-0.4, -0.2) is 30.3 Å². The molecule has 0 radical (unpaired) electrons. The fourth-order valence-corrected chi connectivity index (χ4v) is 2.23. The summed E-state index contributed by atoms with van der Waals surface area (Å²) in [6.07, 6.45) is 2.26. The van der Waals surface area contributed by atoms with E-state index in [0.717, 1.165) is 19.4 Å². The quantitative estimate of drug-likeness (QED) is 0.884. The van der Waals surface area contributed by atoms with Gasteiger partial charge in [-0.15, -0.1) is 12.4 Å². The van der Waals surface area contributed by atoms with Gasteiger partial charge in [0, 0.05) is 11.7 Å². The van der Waals surface area contributed by atoms with Crippen LogP contribution < -0.4 is 15.4 Å². The molecule has 2 N–H and O–H groups in total. The van der Waals surface area contributed by atoms with Crippen LogP contribution in [0.15, 0.2) is 40.9 Å². The first kappa shape index (κ1) is 16.3. The average Bonchev–Trinajstić information content (AvgIpc) is 3.18. The van der Waals surface area contributed by atoms with E-state index in [1.807, 2.05) is 18.2 Å². The smallest absolute Gasteiger partial charge is 0.294 e. The molecule has 1 fully saturated rings. The molecule has 3 rings (SSSR count). The molecule has 7 heteroatoms. The van der Waals surface area contributed by atoms with Crippen molar-refractivity contribution in [2.45, 2.75) is 18.9 Å². The van der Waals surface area contributed by atoms with Gasteiger partial charge >= 0.3 is 0 Å². The molecule has 2 heterocycles. The molecule has 1 aliphatic heterocycles. The summed E-state index contributed by atoms with van der Waals surface area (Å²) in [5, 5.41) is 9.81. The normalized spacial score (nSPS) is 16.8. The van der Waals surface area contributed by atoms with Crippen molar-refractivity contribution < 1.29 is 14.1 Å². The number of benzene rings is 1. The highest BCUT2D eigenvalue weighted by atomic mass is 35.5. The Morgan fingerprint density at radius 3 is 2.95 bits per heavy atom. The molecule has 22 heavy (non-hydrogen) atoms. The maximum Gasteiger partial charge on any atom is 0.294 e. The van der Waals surface area contributed by atoms with E-state index in [4.69, 9.17) is 9.26 Å². The van der Waals surface area contributed by atoms with E-state index in [-0.39, 0.29) is 24.1 Å². The van der Waals surface area contributed by atoms with Gasteiger partial charge in [-0.1, -0.05) is 18.2 Å². The molecule has 0 bridgehead atoms. The minimum atomic E-state index is -0.345. The Hall–Kier alpha value is -2.05. The van der Waals surface area contributed by atoms with Crippen molar-refractivity contribution in [1.29, 1.82) is 0 Å². The molecule has 1 aromatic carbocycles. The number of para-hydroxylation sites is 1. The fourth-order valence-electron chi connectivity index (χ4n) is 2.23. The van der Waals surface area contributed by atoms with Gasteiger partial charge in [0.15, 0.2) is 0 Å². The maximum absolute atomic E-state index is 12.0. The van der Waals surface area contributed by atoms with E-state index in [1.165, 1.54) is 6.07 Å². The van der Waals surface area contributed by atoms with E-state index in [2.05, 4.69) is 15.8 Å². The van der Waals surface area contributed by atoms with Gasteiger partial charge < -0.3 is 19.9 Å². The standard InChI is InChI=1S/C15H17N3O3.ClH/c19-15(17-11-5-2-1-3-6-11)13-9-14(18-21-13)20-10-12-7-4-8-16-12;/h1-3,5-6,9,12,16H,4,7-8,10H2,(H,17,19);1H/t12-;/m0./s1. The zero-order chi connectivity index (χ0) is 14.5. The number of ether oxygens (including phenoxy) is 1. The van der Waals surface area contributed by atoms with Crippen molar-refractivity contribution in [2.75, 3.05) is 18.5 Å². The summed E-state index contributed by atoms with van der Waals surface area (Å²) in [6, 6.07) is 11.0. The van der Waals surface area contributed by atoms with Gasteiger partial charge in [-0.25, -0.2) is 0 Å². The number of nitrogens with one attached hydrogen (secondary N) is 2. The second-order valence-electron chi connectivity index (χ2n) is 4.95. The number of nitrogens with zero attached hydrogens (tertiary/aromatic N) is 1. The Bertz CT molecular complexity index is 597. The Kier molecular flexibility index (Phi) is 5.80. The van der Waals surface area contributed by atoms with Crippen molar-refractivity contribution in [3.8, 4) is 5.88 Å². The van der Waals surface area contributed by atoms with Gasteiger partial charge in [0.05, 0.1) is 6.07 Å². The topological polar surface area (TPSA) is 76.4 Å². The molecule has 1 aliphatic rings. The lowest BCUT2D eigenvalue weighted by molar-refractivity contribution is 0.0987. The summed E-state index contributed by atoms with van der Waals surface area (Å²) in [7, 11) is 0. The van der Waals surface area contributed by atoms with Crippen molar-refractivity contribution in [3.63, 3.8) is 0 Å². The number of carbonyl (C=O) groups excluding carboxylic acids is 1. The van der Waals surface area contributed by atoms with Gasteiger partial charge in [-0.2, -0.15) is 0 Å². The van der Waals surface area contributed by atoms with Crippen LogP contribution >= 0.6 is 12.4 Å². The Morgan fingerprint density at radius 2 is 2.23 bits per heavy atom. The predicted molar refractivity (Wildman–Crippen MR) is 84.7 cm³/mol. The number of hydrogen-bond donors (Lipinski definition) is 2. The van der Waals surface area contributed by atoms with Gasteiger partial charge in [-0.05, 0) is 36.7 Å². The Labute approximate surface area is 134 Å². The van der Waals surface area contributed by atoms with Crippen LogP contribution in [0.2, 0.25) is 0 Å². The zero-order valence-electron chi connectivity index (χ0n) is 12.0. The second-order valence-corrected chi connectivity index (χ2v) is 4.95. The molecule has 1 saturated heterocycles. The molecular formula is C15H18ClN3O3. The van der Waals surface area contributed by atoms with Crippen molar-refractivity contribution in [3.05, 3.63) is 42.2 Å². The van der Waals surface area contributed by atoms with Crippen molar-refractivity contribution >= 4 is 24.0 Å². The van der Waals surface area contributed by atoms with Crippen LogP contribution in [0.3, 0.4) is 0 Å². The first-order valence-corrected chi connectivity index (χ1v) is 7.00. The van der Waals surface area contributed by atoms with Crippen LogP contribution in [0.25, 0.3) is 0 Å². The first-order valence-electron chi connectivity index (χ1n) is 7.00. The largest absolute Gasteiger partial charge is 0.474 e. The molecule has 0 spiro atoms. The number of hydrogen-bond acceptors (Lipinski definition) is 5. The van der Waals surface area contributed by atoms with Crippen LogP contribution in [0.4, 0.5) is 5.69 Å². The Balaban J connectivity index is 0.00000176. The molecule has 0 saturated carbocycles. The van der Waals surface area contributed by atoms with Crippen molar-refractivity contribution in [2.24, 2.45) is 0 Å². The van der Waals surface area contributed by atoms with Gasteiger partial charge in [0.25, 0.3) is 11.8 Å². The van der Waals surface area contributed by atoms with Gasteiger partial charge in [0.1, 0.15) is 6.61 Å². The Morgan fingerprint density at radius 1 is 1.41 bits per heavy atom. The first-order chi connectivity index (χ1) is 10.3. The van der Waals surface area contributed by atoms with Crippen LogP contribution in [0, 0.1) is 0 Å². The lowest BCUT2D eigenvalue weighted by atomic mass is 10.2. The van der Waals surface area contributed by atoms with Crippen LogP contribution in [-0.2, 0) is 0 Å². The zero-order valence-corrected chi connectivity index (χ0v) is 12.8. The molecule has 0 aliphatic carbocycles. The van der Waals surface area contributed by atoms with E-state index >= 15 is 0 Å². The third kappa shape index (κ3) is 4.22. The number of rotatable bonds is 5. The SMILES string of the molecule is Cl.O=C(Nc1ccccc1)c1cc(OC[C@@H]2CCCN2)no1. The minimum Gasteiger partial charge on any atom is -0.474 e. The molecule has 1 aromatic heterocycles. The summed E-state index contributed by atoms with van der Waals surface area (Å²) in [6.45, 7) is 1.56. The van der Waals surface area contributed by atoms with E-state index in [1.54, 1.807) is 12.1 Å². The molecule has 1 amide bonds. The fraction of sp³-hybridized carbons (Fsp3) is 0.333. The molecule has 6 nitrogen and oxygen atoms in total. The number of aromatic nitrogens is 1. The lowest BCUT2D eigenvalue weighted by Crippen LogP contribution is -2.28. The molecule has 1 atom stereocenters. The van der Waals surface area contributed by atoms with Crippen LogP contribution in [0.5, 0.6) is 5.88 Å². The minimum absolute atomic E-state index is 0. The highest BCUT2D eigenvalue weighted by molar-refractivity contribution is 6.02. The van der Waals surface area contributed by atoms with Gasteiger partial charge in [0.2, 0.25) is 5.76 Å². The molecule has 0 unspecified atom stereocenters. The molecule has 118 valence electrons. The average molecular weight is 324 g/mol. The predicted octanol–water partition coefficient (Wildman–Crippen LogP) is 2.48. The second kappa shape index (κ2) is 7.82. The molecular weight excluding hydrogens is 306 g/mol. The number of halogens is 1. The van der Waals surface area contributed by atoms with E-state index in [0.29, 0.717) is 24.2 Å². The highest BCUT2D eigenvalue weighted by Crippen LogP contribution is 2.15. The lowest BCUT2D eigenvalue weighted by Gasteiger charge is -2.08. The summed E-state index contributed by atoms with van der Waals surface area (Å²) >= 11 is 0. The van der Waals surface area contributed by atoms with E-state index < -0.39 is 0 Å².